The second-order valence-electron chi connectivity index (χ2n) is 3.75. The van der Waals surface area contributed by atoms with E-state index < -0.39 is 6.10 Å². The molecule has 0 aliphatic carbocycles. The molecule has 0 spiro atoms. The third-order valence-corrected chi connectivity index (χ3v) is 2.80. The Morgan fingerprint density at radius 3 is 3.05 bits per heavy atom. The molecule has 0 saturated heterocycles. The first-order valence-electron chi connectivity index (χ1n) is 5.61. The Hall–Kier alpha value is -2.17. The minimum absolute atomic E-state index is 0.118. The molecule has 1 heterocycles. The molecule has 2 N–H and O–H groups in total. The lowest BCUT2D eigenvalue weighted by Gasteiger charge is -2.13. The molecule has 7 heteroatoms. The summed E-state index contributed by atoms with van der Waals surface area (Å²) in [5, 5.41) is 21.7. The van der Waals surface area contributed by atoms with Crippen molar-refractivity contribution in [3.63, 3.8) is 0 Å². The predicted octanol–water partition coefficient (Wildman–Crippen LogP) is 1.26. The number of nitrogens with one attached hydrogen (secondary N) is 1. The molecule has 1 aromatic carbocycles. The maximum absolute atomic E-state index is 9.76. The smallest absolute Gasteiger partial charge is 0.245 e. The minimum atomic E-state index is -0.701. The SMILES string of the molecule is N#Cc1ccccc1NCC(O)COc1cnsn1. The van der Waals surface area contributed by atoms with Crippen LogP contribution in [0.2, 0.25) is 0 Å². The van der Waals surface area contributed by atoms with Gasteiger partial charge in [0.2, 0.25) is 5.88 Å². The van der Waals surface area contributed by atoms with Gasteiger partial charge in [0, 0.05) is 6.54 Å². The number of aliphatic hydroxyl groups excluding tert-OH is 1. The maximum Gasteiger partial charge on any atom is 0.245 e. The Bertz CT molecular complexity index is 553. The van der Waals surface area contributed by atoms with Crippen LogP contribution in [-0.2, 0) is 0 Å². The van der Waals surface area contributed by atoms with Crippen LogP contribution < -0.4 is 10.1 Å². The highest BCUT2D eigenvalue weighted by molar-refractivity contribution is 6.99. The largest absolute Gasteiger partial charge is 0.473 e. The van der Waals surface area contributed by atoms with Crippen LogP contribution >= 0.6 is 11.7 Å². The fourth-order valence-corrected chi connectivity index (χ4v) is 1.79. The van der Waals surface area contributed by atoms with E-state index in [-0.39, 0.29) is 13.2 Å². The van der Waals surface area contributed by atoms with Gasteiger partial charge in [-0.2, -0.15) is 9.64 Å². The number of rotatable bonds is 6. The Kier molecular flexibility index (Phi) is 4.66. The van der Waals surface area contributed by atoms with Gasteiger partial charge in [-0.05, 0) is 12.1 Å². The predicted molar refractivity (Wildman–Crippen MR) is 71.1 cm³/mol. The number of nitrogens with zero attached hydrogens (tertiary/aromatic N) is 3. The van der Waals surface area contributed by atoms with Crippen LogP contribution in [0.5, 0.6) is 5.88 Å². The van der Waals surface area contributed by atoms with E-state index in [1.165, 1.54) is 6.20 Å². The van der Waals surface area contributed by atoms with Crippen LogP contribution in [0, 0.1) is 11.3 Å². The van der Waals surface area contributed by atoms with E-state index in [4.69, 9.17) is 10.00 Å². The molecule has 0 aliphatic rings. The van der Waals surface area contributed by atoms with E-state index in [0.29, 0.717) is 17.1 Å². The summed E-state index contributed by atoms with van der Waals surface area (Å²) in [7, 11) is 0. The summed E-state index contributed by atoms with van der Waals surface area (Å²) in [6.45, 7) is 0.406. The summed E-state index contributed by atoms with van der Waals surface area (Å²) in [4.78, 5) is 0. The third-order valence-electron chi connectivity index (χ3n) is 2.34. The first-order chi connectivity index (χ1) is 9.29. The number of anilines is 1. The van der Waals surface area contributed by atoms with Gasteiger partial charge in [-0.25, -0.2) is 0 Å². The molecule has 0 aliphatic heterocycles. The van der Waals surface area contributed by atoms with Gasteiger partial charge >= 0.3 is 0 Å². The normalized spacial score (nSPS) is 11.6. The van der Waals surface area contributed by atoms with E-state index in [1.807, 2.05) is 6.07 Å². The lowest BCUT2D eigenvalue weighted by Crippen LogP contribution is -2.26. The molecule has 2 rings (SSSR count). The molecule has 1 atom stereocenters. The number of aromatic nitrogens is 2. The van der Waals surface area contributed by atoms with Crippen LogP contribution in [0.1, 0.15) is 5.56 Å². The number of para-hydroxylation sites is 1. The summed E-state index contributed by atoms with van der Waals surface area (Å²) < 4.78 is 12.9. The molecule has 1 unspecified atom stereocenters. The van der Waals surface area contributed by atoms with Crippen molar-refractivity contribution in [1.82, 2.24) is 8.75 Å². The molecule has 1 aromatic heterocycles. The highest BCUT2D eigenvalue weighted by Gasteiger charge is 2.08. The summed E-state index contributed by atoms with van der Waals surface area (Å²) in [6.07, 6.45) is 0.795. The monoisotopic (exact) mass is 276 g/mol. The molecule has 0 bridgehead atoms. The number of hydrogen-bond acceptors (Lipinski definition) is 7. The maximum atomic E-state index is 9.76. The second-order valence-corrected chi connectivity index (χ2v) is 4.31. The van der Waals surface area contributed by atoms with E-state index in [9.17, 15) is 5.11 Å². The van der Waals surface area contributed by atoms with Gasteiger partial charge in [-0.3, -0.25) is 0 Å². The van der Waals surface area contributed by atoms with Crippen molar-refractivity contribution in [3.8, 4) is 11.9 Å². The zero-order valence-electron chi connectivity index (χ0n) is 9.98. The zero-order chi connectivity index (χ0) is 13.5. The van der Waals surface area contributed by atoms with Crippen molar-refractivity contribution < 1.29 is 9.84 Å². The summed E-state index contributed by atoms with van der Waals surface area (Å²) in [5.74, 6) is 0.404. The molecular weight excluding hydrogens is 264 g/mol. The number of nitriles is 1. The van der Waals surface area contributed by atoms with Crippen LogP contribution in [0.4, 0.5) is 5.69 Å². The Labute approximate surface area is 114 Å². The van der Waals surface area contributed by atoms with E-state index in [1.54, 1.807) is 18.2 Å². The number of hydrogen-bond donors (Lipinski definition) is 2. The molecule has 6 nitrogen and oxygen atoms in total. The van der Waals surface area contributed by atoms with Crippen molar-refractivity contribution in [2.45, 2.75) is 6.10 Å². The van der Waals surface area contributed by atoms with Crippen LogP contribution in [0.15, 0.2) is 30.5 Å². The fraction of sp³-hybridized carbons (Fsp3) is 0.250. The van der Waals surface area contributed by atoms with Crippen LogP contribution in [0.25, 0.3) is 0 Å². The number of aliphatic hydroxyl groups is 1. The van der Waals surface area contributed by atoms with Crippen LogP contribution in [-0.4, -0.2) is 33.1 Å². The Morgan fingerprint density at radius 1 is 1.47 bits per heavy atom. The second kappa shape index (κ2) is 6.68. The molecule has 2 aromatic rings. The van der Waals surface area contributed by atoms with Crippen molar-refractivity contribution in [3.05, 3.63) is 36.0 Å². The molecule has 19 heavy (non-hydrogen) atoms. The highest BCUT2D eigenvalue weighted by atomic mass is 32.1. The molecule has 0 fully saturated rings. The van der Waals surface area contributed by atoms with Gasteiger partial charge in [-0.15, -0.1) is 4.37 Å². The third kappa shape index (κ3) is 3.91. The average Bonchev–Trinajstić information content (AvgIpc) is 2.96. The number of ether oxygens (including phenoxy) is 1. The van der Waals surface area contributed by atoms with Crippen LogP contribution in [0.3, 0.4) is 0 Å². The quantitative estimate of drug-likeness (QED) is 0.825. The molecular formula is C12H12N4O2S. The average molecular weight is 276 g/mol. The van der Waals surface area contributed by atoms with Gasteiger partial charge in [0.1, 0.15) is 25.0 Å². The van der Waals surface area contributed by atoms with E-state index in [2.05, 4.69) is 20.1 Å². The van der Waals surface area contributed by atoms with E-state index >= 15 is 0 Å². The molecule has 0 radical (unpaired) electrons. The van der Waals surface area contributed by atoms with Crippen molar-refractivity contribution >= 4 is 17.4 Å². The fourth-order valence-electron chi connectivity index (χ4n) is 1.42. The van der Waals surface area contributed by atoms with Gasteiger partial charge in [-0.1, -0.05) is 12.1 Å². The van der Waals surface area contributed by atoms with Gasteiger partial charge in [0.15, 0.2) is 0 Å². The minimum Gasteiger partial charge on any atom is -0.473 e. The highest BCUT2D eigenvalue weighted by Crippen LogP contribution is 2.13. The Morgan fingerprint density at radius 2 is 2.32 bits per heavy atom. The summed E-state index contributed by atoms with van der Waals surface area (Å²) >= 11 is 1.05. The first kappa shape index (κ1) is 13.3. The van der Waals surface area contributed by atoms with E-state index in [0.717, 1.165) is 11.7 Å². The van der Waals surface area contributed by atoms with Gasteiger partial charge < -0.3 is 15.2 Å². The van der Waals surface area contributed by atoms with Crippen molar-refractivity contribution in [2.24, 2.45) is 0 Å². The molecule has 0 saturated carbocycles. The van der Waals surface area contributed by atoms with Gasteiger partial charge in [0.25, 0.3) is 0 Å². The Balaban J connectivity index is 1.80. The standard InChI is InChI=1S/C12H12N4O2S/c13-5-9-3-1-2-4-11(9)14-6-10(17)8-18-12-7-15-19-16-12/h1-4,7,10,14,17H,6,8H2. The lowest BCUT2D eigenvalue weighted by molar-refractivity contribution is 0.115. The van der Waals surface area contributed by atoms with Crippen molar-refractivity contribution in [1.29, 1.82) is 5.26 Å². The molecule has 0 amide bonds. The zero-order valence-corrected chi connectivity index (χ0v) is 10.8. The number of benzene rings is 1. The lowest BCUT2D eigenvalue weighted by atomic mass is 10.2. The summed E-state index contributed by atoms with van der Waals surface area (Å²) in [6, 6.07) is 9.20. The first-order valence-corrected chi connectivity index (χ1v) is 6.34. The molecule has 98 valence electrons. The van der Waals surface area contributed by atoms with Gasteiger partial charge in [0.05, 0.1) is 23.0 Å². The van der Waals surface area contributed by atoms with Crippen molar-refractivity contribution in [2.75, 3.05) is 18.5 Å². The summed E-state index contributed by atoms with van der Waals surface area (Å²) in [5.41, 5.74) is 1.23. The topological polar surface area (TPSA) is 91.1 Å².